The maximum absolute atomic E-state index is 12.3. The monoisotopic (exact) mass is 286 g/mol. The van der Waals surface area contributed by atoms with Gasteiger partial charge in [0.05, 0.1) is 11.2 Å². The average Bonchev–Trinajstić information content (AvgIpc) is 2.39. The molecule has 0 fully saturated rings. The second-order valence-corrected chi connectivity index (χ2v) is 5.91. The first kappa shape index (κ1) is 14.0. The van der Waals surface area contributed by atoms with E-state index in [9.17, 15) is 12.8 Å². The lowest BCUT2D eigenvalue weighted by atomic mass is 10.1. The van der Waals surface area contributed by atoms with Gasteiger partial charge in [0.25, 0.3) is 0 Å². The number of sulfonamides is 1. The summed E-state index contributed by atoms with van der Waals surface area (Å²) in [6.07, 6.45) is 1.03. The Balaban J connectivity index is 2.18. The number of hydrogen-bond donors (Lipinski definition) is 2. The molecule has 0 saturated carbocycles. The predicted molar refractivity (Wildman–Crippen MR) is 69.1 cm³/mol. The lowest BCUT2D eigenvalue weighted by molar-refractivity contribution is 0.347. The molecule has 0 aromatic heterocycles. The minimum absolute atomic E-state index is 0.0524. The van der Waals surface area contributed by atoms with Crippen molar-refractivity contribution in [2.45, 2.75) is 11.3 Å². The second-order valence-electron chi connectivity index (χ2n) is 4.18. The van der Waals surface area contributed by atoms with Gasteiger partial charge >= 0.3 is 0 Å². The summed E-state index contributed by atoms with van der Waals surface area (Å²) in [4.78, 5) is 0.270. The highest BCUT2D eigenvalue weighted by molar-refractivity contribution is 7.89. The maximum atomic E-state index is 12.3. The third-order valence-electron chi connectivity index (χ3n) is 2.85. The van der Waals surface area contributed by atoms with E-state index in [1.807, 2.05) is 0 Å². The van der Waals surface area contributed by atoms with Gasteiger partial charge in [-0.1, -0.05) is 0 Å². The number of halogens is 1. The Morgan fingerprint density at radius 3 is 3.00 bits per heavy atom. The predicted octanol–water partition coefficient (Wildman–Crippen LogP) is 0.712. The summed E-state index contributed by atoms with van der Waals surface area (Å²) in [5, 5.41) is 0. The summed E-state index contributed by atoms with van der Waals surface area (Å²) in [6, 6.07) is 4.71. The quantitative estimate of drug-likeness (QED) is 0.854. The molecule has 0 unspecified atom stereocenters. The zero-order valence-corrected chi connectivity index (χ0v) is 11.0. The van der Waals surface area contributed by atoms with E-state index in [-0.39, 0.29) is 18.0 Å². The Labute approximate surface area is 111 Å². The van der Waals surface area contributed by atoms with E-state index in [1.165, 1.54) is 6.07 Å². The van der Waals surface area contributed by atoms with E-state index in [4.69, 9.17) is 10.5 Å². The zero-order valence-electron chi connectivity index (χ0n) is 10.2. The van der Waals surface area contributed by atoms with Crippen LogP contribution in [0.15, 0.2) is 35.0 Å². The van der Waals surface area contributed by atoms with Crippen LogP contribution in [-0.4, -0.2) is 28.1 Å². The van der Waals surface area contributed by atoms with Crippen LogP contribution < -0.4 is 15.2 Å². The molecule has 0 saturated heterocycles. The van der Waals surface area contributed by atoms with E-state index in [2.05, 4.69) is 4.72 Å². The lowest BCUT2D eigenvalue weighted by Gasteiger charge is -2.18. The third-order valence-corrected chi connectivity index (χ3v) is 4.41. The van der Waals surface area contributed by atoms with Gasteiger partial charge in [-0.05, 0) is 30.2 Å². The molecule has 3 N–H and O–H groups in total. The van der Waals surface area contributed by atoms with Gasteiger partial charge < -0.3 is 10.5 Å². The number of benzene rings is 1. The van der Waals surface area contributed by atoms with Gasteiger partial charge in [-0.2, -0.15) is 0 Å². The van der Waals surface area contributed by atoms with Gasteiger partial charge in [-0.15, -0.1) is 0 Å². The standard InChI is InChI=1S/C12H15FN2O3S/c13-6-9(7-14)8-18-11-1-2-12-10(5-11)3-4-15-19(12,16)17/h1-2,5-6,15H,3-4,7-8,14H2/b9-6+. The van der Waals surface area contributed by atoms with Crippen molar-refractivity contribution in [1.29, 1.82) is 0 Å². The molecule has 1 aromatic rings. The van der Waals surface area contributed by atoms with Gasteiger partial charge in [-0.25, -0.2) is 17.5 Å². The Morgan fingerprint density at radius 2 is 2.32 bits per heavy atom. The normalized spacial score (nSPS) is 17.9. The van der Waals surface area contributed by atoms with Gasteiger partial charge in [0.2, 0.25) is 10.0 Å². The van der Waals surface area contributed by atoms with Gasteiger partial charge in [-0.3, -0.25) is 0 Å². The topological polar surface area (TPSA) is 81.4 Å². The minimum atomic E-state index is -3.40. The smallest absolute Gasteiger partial charge is 0.240 e. The van der Waals surface area contributed by atoms with Gasteiger partial charge in [0.15, 0.2) is 0 Å². The van der Waals surface area contributed by atoms with Crippen molar-refractivity contribution in [3.05, 3.63) is 35.7 Å². The SMILES string of the molecule is NC/C(=C\F)COc1ccc2c(c1)CCNS2(=O)=O. The number of nitrogens with one attached hydrogen (secondary N) is 1. The summed E-state index contributed by atoms with van der Waals surface area (Å²) in [7, 11) is -3.40. The fourth-order valence-corrected chi connectivity index (χ4v) is 3.09. The van der Waals surface area contributed by atoms with E-state index in [0.29, 0.717) is 36.2 Å². The van der Waals surface area contributed by atoms with Crippen molar-refractivity contribution in [1.82, 2.24) is 4.72 Å². The highest BCUT2D eigenvalue weighted by Crippen LogP contribution is 2.25. The molecule has 0 atom stereocenters. The summed E-state index contributed by atoms with van der Waals surface area (Å²) >= 11 is 0. The van der Waals surface area contributed by atoms with Crippen LogP contribution in [0.5, 0.6) is 5.75 Å². The first-order valence-electron chi connectivity index (χ1n) is 5.80. The molecule has 1 aliphatic rings. The van der Waals surface area contributed by atoms with Crippen LogP contribution in [0.25, 0.3) is 0 Å². The molecule has 0 radical (unpaired) electrons. The summed E-state index contributed by atoms with van der Waals surface area (Å²) in [5.41, 5.74) is 6.36. The molecule has 5 nitrogen and oxygen atoms in total. The van der Waals surface area contributed by atoms with Crippen LogP contribution in [0.4, 0.5) is 4.39 Å². The van der Waals surface area contributed by atoms with E-state index < -0.39 is 10.0 Å². The van der Waals surface area contributed by atoms with Gasteiger partial charge in [0.1, 0.15) is 12.4 Å². The van der Waals surface area contributed by atoms with E-state index in [0.717, 1.165) is 0 Å². The van der Waals surface area contributed by atoms with Crippen molar-refractivity contribution in [3.8, 4) is 5.75 Å². The maximum Gasteiger partial charge on any atom is 0.240 e. The molecular formula is C12H15FN2O3S. The van der Waals surface area contributed by atoms with Crippen molar-refractivity contribution >= 4 is 10.0 Å². The first-order valence-corrected chi connectivity index (χ1v) is 7.28. The molecule has 0 amide bonds. The summed E-state index contributed by atoms with van der Waals surface area (Å²) in [6.45, 7) is 0.508. The molecule has 0 bridgehead atoms. The van der Waals surface area contributed by atoms with Crippen molar-refractivity contribution in [3.63, 3.8) is 0 Å². The fourth-order valence-electron chi connectivity index (χ4n) is 1.81. The molecule has 0 aliphatic carbocycles. The van der Waals surface area contributed by atoms with Crippen molar-refractivity contribution in [2.24, 2.45) is 5.73 Å². The second kappa shape index (κ2) is 5.68. The van der Waals surface area contributed by atoms with Crippen molar-refractivity contribution in [2.75, 3.05) is 19.7 Å². The van der Waals surface area contributed by atoms with Crippen LogP contribution in [0.1, 0.15) is 5.56 Å². The molecule has 1 aromatic carbocycles. The number of ether oxygens (including phenoxy) is 1. The van der Waals surface area contributed by atoms with E-state index in [1.54, 1.807) is 12.1 Å². The molecule has 2 rings (SSSR count). The largest absolute Gasteiger partial charge is 0.489 e. The Bertz CT molecular complexity index is 599. The molecule has 1 heterocycles. The molecule has 1 aliphatic heterocycles. The molecule has 0 spiro atoms. The average molecular weight is 286 g/mol. The minimum Gasteiger partial charge on any atom is -0.489 e. The molecule has 104 valence electrons. The molecular weight excluding hydrogens is 271 g/mol. The Morgan fingerprint density at radius 1 is 1.53 bits per heavy atom. The fraction of sp³-hybridized carbons (Fsp3) is 0.333. The number of nitrogens with two attached hydrogens (primary N) is 1. The lowest BCUT2D eigenvalue weighted by Crippen LogP contribution is -2.31. The van der Waals surface area contributed by atoms with Crippen LogP contribution in [0.2, 0.25) is 0 Å². The number of fused-ring (bicyclic) bond motifs is 1. The van der Waals surface area contributed by atoms with Crippen molar-refractivity contribution < 1.29 is 17.5 Å². The third kappa shape index (κ3) is 3.12. The van der Waals surface area contributed by atoms with Crippen LogP contribution in [-0.2, 0) is 16.4 Å². The number of hydrogen-bond acceptors (Lipinski definition) is 4. The Kier molecular flexibility index (Phi) is 4.18. The zero-order chi connectivity index (χ0) is 13.9. The highest BCUT2D eigenvalue weighted by Gasteiger charge is 2.22. The van der Waals surface area contributed by atoms with Crippen LogP contribution >= 0.6 is 0 Å². The number of rotatable bonds is 4. The molecule has 19 heavy (non-hydrogen) atoms. The Hall–Kier alpha value is -1.44. The van der Waals surface area contributed by atoms with Crippen LogP contribution in [0, 0.1) is 0 Å². The first-order chi connectivity index (χ1) is 9.06. The highest BCUT2D eigenvalue weighted by atomic mass is 32.2. The van der Waals surface area contributed by atoms with E-state index >= 15 is 0 Å². The van der Waals surface area contributed by atoms with Crippen LogP contribution in [0.3, 0.4) is 0 Å². The summed E-state index contributed by atoms with van der Waals surface area (Å²) in [5.74, 6) is 0.503. The summed E-state index contributed by atoms with van der Waals surface area (Å²) < 4.78 is 43.6. The molecule has 7 heteroatoms. The van der Waals surface area contributed by atoms with Gasteiger partial charge in [0, 0.05) is 18.7 Å².